The van der Waals surface area contributed by atoms with E-state index in [1.54, 1.807) is 0 Å². The Balaban J connectivity index is 1.79. The predicted molar refractivity (Wildman–Crippen MR) is 67.9 cm³/mol. The SMILES string of the molecule is Cc1cc(Nc2cc(C)on2)nc(NC2CC2)n1. The quantitative estimate of drug-likeness (QED) is 0.861. The highest BCUT2D eigenvalue weighted by Crippen LogP contribution is 2.24. The molecule has 2 aromatic heterocycles. The first kappa shape index (κ1) is 11.0. The van der Waals surface area contributed by atoms with Gasteiger partial charge in [0.05, 0.1) is 0 Å². The van der Waals surface area contributed by atoms with Crippen molar-refractivity contribution in [1.82, 2.24) is 15.1 Å². The largest absolute Gasteiger partial charge is 0.360 e. The van der Waals surface area contributed by atoms with Gasteiger partial charge in [-0.05, 0) is 26.7 Å². The van der Waals surface area contributed by atoms with Crippen LogP contribution in [-0.4, -0.2) is 21.2 Å². The molecule has 1 fully saturated rings. The van der Waals surface area contributed by atoms with Gasteiger partial charge in [0.2, 0.25) is 5.95 Å². The van der Waals surface area contributed by atoms with Crippen LogP contribution in [0, 0.1) is 13.8 Å². The summed E-state index contributed by atoms with van der Waals surface area (Å²) < 4.78 is 5.00. The Morgan fingerprint density at radius 3 is 2.67 bits per heavy atom. The minimum atomic E-state index is 0.536. The molecule has 94 valence electrons. The van der Waals surface area contributed by atoms with Crippen LogP contribution < -0.4 is 10.6 Å². The molecule has 1 aliphatic carbocycles. The molecule has 18 heavy (non-hydrogen) atoms. The van der Waals surface area contributed by atoms with E-state index >= 15 is 0 Å². The highest BCUT2D eigenvalue weighted by Gasteiger charge is 2.22. The molecule has 0 spiro atoms. The summed E-state index contributed by atoms with van der Waals surface area (Å²) in [6.07, 6.45) is 2.39. The normalized spacial score (nSPS) is 14.6. The van der Waals surface area contributed by atoms with Crippen LogP contribution in [0.4, 0.5) is 17.6 Å². The van der Waals surface area contributed by atoms with Gasteiger partial charge in [-0.2, -0.15) is 4.98 Å². The second kappa shape index (κ2) is 4.29. The van der Waals surface area contributed by atoms with Crippen molar-refractivity contribution in [3.8, 4) is 0 Å². The molecule has 6 heteroatoms. The molecule has 0 saturated heterocycles. The summed E-state index contributed by atoms with van der Waals surface area (Å²) in [5, 5.41) is 10.3. The van der Waals surface area contributed by atoms with Gasteiger partial charge in [-0.3, -0.25) is 0 Å². The number of aromatic nitrogens is 3. The molecular formula is C12H15N5O. The Labute approximate surface area is 105 Å². The first-order chi connectivity index (χ1) is 8.69. The van der Waals surface area contributed by atoms with E-state index in [2.05, 4.69) is 25.8 Å². The van der Waals surface area contributed by atoms with Crippen molar-refractivity contribution in [1.29, 1.82) is 0 Å². The van der Waals surface area contributed by atoms with E-state index in [9.17, 15) is 0 Å². The van der Waals surface area contributed by atoms with Gasteiger partial charge in [0.1, 0.15) is 11.6 Å². The lowest BCUT2D eigenvalue weighted by molar-refractivity contribution is 0.400. The van der Waals surface area contributed by atoms with Crippen molar-refractivity contribution in [2.45, 2.75) is 32.7 Å². The first-order valence-corrected chi connectivity index (χ1v) is 6.01. The second-order valence-electron chi connectivity index (χ2n) is 4.58. The van der Waals surface area contributed by atoms with Gasteiger partial charge in [-0.15, -0.1) is 0 Å². The molecule has 2 N–H and O–H groups in total. The molecule has 0 bridgehead atoms. The summed E-state index contributed by atoms with van der Waals surface area (Å²) in [7, 11) is 0. The Kier molecular flexibility index (Phi) is 2.62. The van der Waals surface area contributed by atoms with Crippen molar-refractivity contribution >= 4 is 17.6 Å². The van der Waals surface area contributed by atoms with Gasteiger partial charge in [0.25, 0.3) is 0 Å². The lowest BCUT2D eigenvalue weighted by Gasteiger charge is -2.07. The second-order valence-corrected chi connectivity index (χ2v) is 4.58. The molecule has 6 nitrogen and oxygen atoms in total. The summed E-state index contributed by atoms with van der Waals surface area (Å²) >= 11 is 0. The summed E-state index contributed by atoms with van der Waals surface area (Å²) in [5.74, 6) is 2.81. The van der Waals surface area contributed by atoms with Crippen LogP contribution in [0.2, 0.25) is 0 Å². The zero-order valence-corrected chi connectivity index (χ0v) is 10.4. The third-order valence-corrected chi connectivity index (χ3v) is 2.65. The van der Waals surface area contributed by atoms with Crippen LogP contribution in [0.3, 0.4) is 0 Å². The number of anilines is 3. The highest BCUT2D eigenvalue weighted by molar-refractivity contribution is 5.53. The van der Waals surface area contributed by atoms with Crippen LogP contribution in [-0.2, 0) is 0 Å². The fraction of sp³-hybridized carbons (Fsp3) is 0.417. The van der Waals surface area contributed by atoms with Gasteiger partial charge in [-0.25, -0.2) is 4.98 Å². The number of hydrogen-bond donors (Lipinski definition) is 2. The molecule has 0 aromatic carbocycles. The third kappa shape index (κ3) is 2.58. The maximum Gasteiger partial charge on any atom is 0.225 e. The van der Waals surface area contributed by atoms with Crippen molar-refractivity contribution in [2.24, 2.45) is 0 Å². The van der Waals surface area contributed by atoms with E-state index in [1.807, 2.05) is 26.0 Å². The van der Waals surface area contributed by atoms with E-state index in [0.717, 1.165) is 17.3 Å². The van der Waals surface area contributed by atoms with E-state index in [4.69, 9.17) is 4.52 Å². The molecule has 1 aliphatic rings. The standard InChI is InChI=1S/C12H15N5O/c1-7-5-10(15-11-6-8(2)18-17-11)16-12(13-7)14-9-3-4-9/h5-6,9H,3-4H2,1-2H3,(H2,13,14,15,16,17). The van der Waals surface area contributed by atoms with E-state index in [0.29, 0.717) is 17.8 Å². The maximum atomic E-state index is 5.00. The molecular weight excluding hydrogens is 230 g/mol. The van der Waals surface area contributed by atoms with E-state index in [1.165, 1.54) is 12.8 Å². The fourth-order valence-corrected chi connectivity index (χ4v) is 1.66. The number of nitrogens with zero attached hydrogens (tertiary/aromatic N) is 3. The Morgan fingerprint density at radius 1 is 1.17 bits per heavy atom. The topological polar surface area (TPSA) is 75.9 Å². The van der Waals surface area contributed by atoms with Gasteiger partial charge in [0, 0.05) is 23.9 Å². The van der Waals surface area contributed by atoms with Crippen LogP contribution in [0.5, 0.6) is 0 Å². The third-order valence-electron chi connectivity index (χ3n) is 2.65. The first-order valence-electron chi connectivity index (χ1n) is 6.01. The predicted octanol–water partition coefficient (Wildman–Crippen LogP) is 2.40. The lowest BCUT2D eigenvalue weighted by atomic mass is 10.4. The molecule has 2 aromatic rings. The number of nitrogens with one attached hydrogen (secondary N) is 2. The van der Waals surface area contributed by atoms with Crippen molar-refractivity contribution in [2.75, 3.05) is 10.6 Å². The van der Waals surface area contributed by atoms with Crippen LogP contribution in [0.1, 0.15) is 24.3 Å². The summed E-state index contributed by atoms with van der Waals surface area (Å²) in [4.78, 5) is 8.76. The fourth-order valence-electron chi connectivity index (χ4n) is 1.66. The minimum absolute atomic E-state index is 0.536. The molecule has 0 amide bonds. The average molecular weight is 245 g/mol. The molecule has 3 rings (SSSR count). The van der Waals surface area contributed by atoms with Crippen LogP contribution in [0.25, 0.3) is 0 Å². The Hall–Kier alpha value is -2.11. The lowest BCUT2D eigenvalue weighted by Crippen LogP contribution is -2.07. The zero-order valence-electron chi connectivity index (χ0n) is 10.4. The smallest absolute Gasteiger partial charge is 0.225 e. The van der Waals surface area contributed by atoms with Gasteiger partial charge in [0.15, 0.2) is 5.82 Å². The number of hydrogen-bond acceptors (Lipinski definition) is 6. The van der Waals surface area contributed by atoms with Gasteiger partial charge >= 0.3 is 0 Å². The molecule has 0 atom stereocenters. The zero-order chi connectivity index (χ0) is 12.5. The molecule has 0 radical (unpaired) electrons. The van der Waals surface area contributed by atoms with E-state index in [-0.39, 0.29) is 0 Å². The molecule has 0 unspecified atom stereocenters. The summed E-state index contributed by atoms with van der Waals surface area (Å²) in [5.41, 5.74) is 0.913. The highest BCUT2D eigenvalue weighted by atomic mass is 16.5. The Morgan fingerprint density at radius 2 is 2.00 bits per heavy atom. The monoisotopic (exact) mass is 245 g/mol. The van der Waals surface area contributed by atoms with Crippen molar-refractivity contribution in [3.63, 3.8) is 0 Å². The summed E-state index contributed by atoms with van der Waals surface area (Å²) in [6.45, 7) is 3.79. The Bertz CT molecular complexity index is 561. The van der Waals surface area contributed by atoms with Gasteiger partial charge < -0.3 is 15.2 Å². The molecule has 2 heterocycles. The number of aryl methyl sites for hydroxylation is 2. The minimum Gasteiger partial charge on any atom is -0.360 e. The molecule has 0 aliphatic heterocycles. The number of rotatable bonds is 4. The summed E-state index contributed by atoms with van der Waals surface area (Å²) in [6, 6.07) is 4.24. The average Bonchev–Trinajstić information content (AvgIpc) is 3.01. The maximum absolute atomic E-state index is 5.00. The van der Waals surface area contributed by atoms with Crippen LogP contribution in [0.15, 0.2) is 16.7 Å². The van der Waals surface area contributed by atoms with Crippen LogP contribution >= 0.6 is 0 Å². The van der Waals surface area contributed by atoms with Crippen molar-refractivity contribution in [3.05, 3.63) is 23.6 Å². The van der Waals surface area contributed by atoms with E-state index < -0.39 is 0 Å². The molecule has 1 saturated carbocycles. The van der Waals surface area contributed by atoms with Crippen molar-refractivity contribution < 1.29 is 4.52 Å². The van der Waals surface area contributed by atoms with Gasteiger partial charge in [-0.1, -0.05) is 5.16 Å².